The Bertz CT molecular complexity index is 1700. The van der Waals surface area contributed by atoms with Crippen molar-refractivity contribution < 1.29 is 17.9 Å². The molecule has 1 aromatic heterocycles. The highest BCUT2D eigenvalue weighted by Crippen LogP contribution is 2.44. The average molecular weight is 557 g/mol. The molecule has 0 bridgehead atoms. The molecule has 1 aliphatic heterocycles. The number of hydrogen-bond acceptors (Lipinski definition) is 5. The van der Waals surface area contributed by atoms with E-state index < -0.39 is 9.84 Å². The minimum absolute atomic E-state index is 0.0142. The van der Waals surface area contributed by atoms with E-state index in [2.05, 4.69) is 67.8 Å². The fourth-order valence-corrected chi connectivity index (χ4v) is 8.01. The van der Waals surface area contributed by atoms with Gasteiger partial charge >= 0.3 is 0 Å². The summed E-state index contributed by atoms with van der Waals surface area (Å²) in [6, 6.07) is 21.3. The van der Waals surface area contributed by atoms with Crippen molar-refractivity contribution in [1.82, 2.24) is 0 Å². The molecule has 2 heterocycles. The molecule has 3 aromatic carbocycles. The second-order valence-corrected chi connectivity index (χ2v) is 14.1. The van der Waals surface area contributed by atoms with Gasteiger partial charge in [-0.05, 0) is 82.8 Å². The Kier molecular flexibility index (Phi) is 6.72. The first-order chi connectivity index (χ1) is 18.7. The van der Waals surface area contributed by atoms with Crippen LogP contribution in [0.25, 0.3) is 26.8 Å². The van der Waals surface area contributed by atoms with Crippen LogP contribution in [0.2, 0.25) is 0 Å². The number of hydrogen-bond donors (Lipinski definition) is 0. The van der Waals surface area contributed by atoms with Gasteiger partial charge < -0.3 is 4.74 Å². The Morgan fingerprint density at radius 2 is 1.77 bits per heavy atom. The third-order valence-electron chi connectivity index (χ3n) is 8.41. The number of thiophene rings is 1. The van der Waals surface area contributed by atoms with Gasteiger partial charge in [0.15, 0.2) is 9.84 Å². The third-order valence-corrected chi connectivity index (χ3v) is 10.9. The van der Waals surface area contributed by atoms with Crippen LogP contribution in [0.4, 0.5) is 0 Å². The largest absolute Gasteiger partial charge is 0.489 e. The Hall–Kier alpha value is -3.22. The zero-order chi connectivity index (χ0) is 27.2. The number of ether oxygens (including phenoxy) is 1. The molecule has 4 aromatic rings. The van der Waals surface area contributed by atoms with Gasteiger partial charge in [0.25, 0.3) is 0 Å². The van der Waals surface area contributed by atoms with Crippen LogP contribution >= 0.6 is 11.3 Å². The van der Waals surface area contributed by atoms with Crippen LogP contribution in [0.5, 0.6) is 5.75 Å². The lowest BCUT2D eigenvalue weighted by atomic mass is 9.62. The Labute approximate surface area is 234 Å². The summed E-state index contributed by atoms with van der Waals surface area (Å²) < 4.78 is 31.0. The molecule has 200 valence electrons. The van der Waals surface area contributed by atoms with E-state index in [9.17, 15) is 13.2 Å². The molecule has 0 atom stereocenters. The van der Waals surface area contributed by atoms with Crippen molar-refractivity contribution in [3.05, 3.63) is 94.4 Å². The van der Waals surface area contributed by atoms with Crippen LogP contribution in [0.1, 0.15) is 54.9 Å². The summed E-state index contributed by atoms with van der Waals surface area (Å²) in [5.74, 6) is 1.54. The van der Waals surface area contributed by atoms with Crippen LogP contribution in [0.15, 0.2) is 72.1 Å². The molecule has 1 saturated carbocycles. The first-order valence-electron chi connectivity index (χ1n) is 13.5. The van der Waals surface area contributed by atoms with Gasteiger partial charge in [-0.1, -0.05) is 49.4 Å². The highest BCUT2D eigenvalue weighted by atomic mass is 32.2. The van der Waals surface area contributed by atoms with E-state index in [-0.39, 0.29) is 16.9 Å². The number of carbonyl (C=O) groups is 1. The van der Waals surface area contributed by atoms with Crippen molar-refractivity contribution in [1.29, 1.82) is 0 Å². The van der Waals surface area contributed by atoms with Gasteiger partial charge in [-0.15, -0.1) is 11.3 Å². The second-order valence-electron chi connectivity index (χ2n) is 10.9. The molecular formula is C33H32O4S2. The number of carbonyl (C=O) groups excluding carboxylic acids is 1. The summed E-state index contributed by atoms with van der Waals surface area (Å²) in [6.45, 7) is 4.77. The zero-order valence-electron chi connectivity index (χ0n) is 22.3. The number of benzene rings is 3. The van der Waals surface area contributed by atoms with E-state index in [4.69, 9.17) is 4.74 Å². The van der Waals surface area contributed by atoms with Gasteiger partial charge in [0, 0.05) is 33.9 Å². The molecule has 0 N–H and O–H groups in total. The molecule has 0 amide bonds. The normalized spacial score (nSPS) is 18.0. The standard InChI is InChI=1S/C33H32O4S2/c1-3-33(18-27(34)19-33)26-6-8-28(9-7-26)37-20-23-4-11-32-30(17-23)31(21-38-32)29-10-5-25(16-22(29)2)24-12-14-39(35,36)15-13-24/h4-12,16-17,21H,3,13-15,18-20H2,1-2H3. The van der Waals surface area contributed by atoms with Crippen LogP contribution in [-0.2, 0) is 26.7 Å². The highest BCUT2D eigenvalue weighted by Gasteiger charge is 2.43. The minimum atomic E-state index is -2.93. The number of aryl methyl sites for hydroxylation is 1. The summed E-state index contributed by atoms with van der Waals surface area (Å²) >= 11 is 1.74. The van der Waals surface area contributed by atoms with Gasteiger partial charge in [-0.25, -0.2) is 8.42 Å². The fourth-order valence-electron chi connectivity index (χ4n) is 5.91. The average Bonchev–Trinajstić information content (AvgIpc) is 3.33. The van der Waals surface area contributed by atoms with E-state index in [1.54, 1.807) is 11.3 Å². The molecule has 39 heavy (non-hydrogen) atoms. The monoisotopic (exact) mass is 556 g/mol. The maximum atomic E-state index is 11.8. The molecule has 4 nitrogen and oxygen atoms in total. The Morgan fingerprint density at radius 3 is 2.44 bits per heavy atom. The second kappa shape index (κ2) is 10.1. The predicted octanol–water partition coefficient (Wildman–Crippen LogP) is 7.67. The van der Waals surface area contributed by atoms with E-state index in [0.717, 1.165) is 28.9 Å². The van der Waals surface area contributed by atoms with Crippen LogP contribution in [0, 0.1) is 6.92 Å². The molecule has 0 spiro atoms. The third kappa shape index (κ3) is 5.08. The molecule has 0 unspecified atom stereocenters. The maximum absolute atomic E-state index is 11.8. The number of Topliss-reactive ketones (excluding diaryl/α,β-unsaturated/α-hetero) is 1. The SMILES string of the molecule is CCC1(c2ccc(OCc3ccc4scc(-c5ccc(C6=CCS(=O)(=O)CC6)cc5C)c4c3)cc2)CC(=O)C1. The van der Waals surface area contributed by atoms with Crippen molar-refractivity contribution in [3.63, 3.8) is 0 Å². The Balaban J connectivity index is 1.19. The van der Waals surface area contributed by atoms with Crippen molar-refractivity contribution in [2.75, 3.05) is 11.5 Å². The minimum Gasteiger partial charge on any atom is -0.489 e. The molecular weight excluding hydrogens is 524 g/mol. The molecule has 2 aliphatic rings. The van der Waals surface area contributed by atoms with Crippen molar-refractivity contribution >= 4 is 42.6 Å². The zero-order valence-corrected chi connectivity index (χ0v) is 24.0. The lowest BCUT2D eigenvalue weighted by molar-refractivity contribution is -0.128. The Morgan fingerprint density at radius 1 is 0.974 bits per heavy atom. The van der Waals surface area contributed by atoms with Crippen molar-refractivity contribution in [2.45, 2.75) is 51.6 Å². The van der Waals surface area contributed by atoms with Gasteiger partial charge in [-0.2, -0.15) is 0 Å². The van der Waals surface area contributed by atoms with Crippen molar-refractivity contribution in [3.8, 4) is 16.9 Å². The summed E-state index contributed by atoms with van der Waals surface area (Å²) in [6.07, 6.45) is 4.72. The predicted molar refractivity (Wildman–Crippen MR) is 160 cm³/mol. The van der Waals surface area contributed by atoms with Crippen LogP contribution in [-0.4, -0.2) is 25.7 Å². The van der Waals surface area contributed by atoms with Gasteiger partial charge in [0.05, 0.1) is 11.5 Å². The molecule has 6 heteroatoms. The summed E-state index contributed by atoms with van der Waals surface area (Å²) in [4.78, 5) is 11.6. The molecule has 0 saturated heterocycles. The smallest absolute Gasteiger partial charge is 0.154 e. The van der Waals surface area contributed by atoms with Crippen LogP contribution < -0.4 is 4.74 Å². The summed E-state index contributed by atoms with van der Waals surface area (Å²) in [5.41, 5.74) is 8.18. The number of allylic oxidation sites excluding steroid dienone is 1. The highest BCUT2D eigenvalue weighted by molar-refractivity contribution is 7.91. The lowest BCUT2D eigenvalue weighted by Crippen LogP contribution is -2.40. The van der Waals surface area contributed by atoms with E-state index in [1.165, 1.54) is 32.3 Å². The molecule has 1 aliphatic carbocycles. The van der Waals surface area contributed by atoms with Crippen molar-refractivity contribution in [2.24, 2.45) is 0 Å². The summed E-state index contributed by atoms with van der Waals surface area (Å²) in [5, 5.41) is 3.44. The number of ketones is 1. The maximum Gasteiger partial charge on any atom is 0.154 e. The fraction of sp³-hybridized carbons (Fsp3) is 0.303. The van der Waals surface area contributed by atoms with Gasteiger partial charge in [0.2, 0.25) is 0 Å². The number of rotatable bonds is 7. The lowest BCUT2D eigenvalue weighted by Gasteiger charge is -2.40. The van der Waals surface area contributed by atoms with Gasteiger partial charge in [0.1, 0.15) is 18.1 Å². The molecule has 6 rings (SSSR count). The molecule has 1 fully saturated rings. The van der Waals surface area contributed by atoms with E-state index in [0.29, 0.717) is 31.7 Å². The first-order valence-corrected chi connectivity index (χ1v) is 16.2. The summed E-state index contributed by atoms with van der Waals surface area (Å²) in [7, 11) is -2.93. The number of sulfone groups is 1. The van der Waals surface area contributed by atoms with E-state index >= 15 is 0 Å². The van der Waals surface area contributed by atoms with E-state index in [1.807, 2.05) is 18.2 Å². The molecule has 0 radical (unpaired) electrons. The first kappa shape index (κ1) is 26.0. The quantitative estimate of drug-likeness (QED) is 0.234. The topological polar surface area (TPSA) is 60.4 Å². The van der Waals surface area contributed by atoms with Crippen LogP contribution in [0.3, 0.4) is 0 Å². The number of fused-ring (bicyclic) bond motifs is 1. The van der Waals surface area contributed by atoms with Gasteiger partial charge in [-0.3, -0.25) is 4.79 Å².